The number of amides is 3. The van der Waals surface area contributed by atoms with Gasteiger partial charge in [-0.05, 0) is 49.2 Å². The number of nitrogens with one attached hydrogen (secondary N) is 2. The van der Waals surface area contributed by atoms with Gasteiger partial charge in [0, 0.05) is 49.2 Å². The number of halogens is 3. The molecule has 13 heteroatoms. The van der Waals surface area contributed by atoms with Gasteiger partial charge in [0.2, 0.25) is 11.7 Å². The first-order valence-electron chi connectivity index (χ1n) is 13.2. The Labute approximate surface area is 233 Å². The maximum atomic E-state index is 13.6. The second kappa shape index (κ2) is 11.5. The van der Waals surface area contributed by atoms with E-state index in [9.17, 15) is 32.7 Å². The second-order valence-corrected chi connectivity index (χ2v) is 9.97. The van der Waals surface area contributed by atoms with Crippen LogP contribution in [0.5, 0.6) is 0 Å². The molecule has 3 aromatic rings. The van der Waals surface area contributed by atoms with E-state index in [-0.39, 0.29) is 23.7 Å². The molecule has 0 spiro atoms. The van der Waals surface area contributed by atoms with Crippen LogP contribution in [0, 0.1) is 5.92 Å². The molecular weight excluding hydrogens is 543 g/mol. The van der Waals surface area contributed by atoms with Crippen molar-refractivity contribution in [3.05, 3.63) is 66.1 Å². The topological polar surface area (TPSA) is 128 Å². The number of aliphatic carboxylic acids is 1. The number of alkyl halides is 3. The Balaban J connectivity index is 1.19. The van der Waals surface area contributed by atoms with Gasteiger partial charge >= 0.3 is 18.2 Å². The highest BCUT2D eigenvalue weighted by Gasteiger charge is 2.42. The normalized spacial score (nSPS) is 19.2. The molecule has 1 aromatic heterocycles. The molecule has 3 N–H and O–H groups in total. The Morgan fingerprint density at radius 3 is 2.27 bits per heavy atom. The first-order chi connectivity index (χ1) is 19.6. The van der Waals surface area contributed by atoms with Crippen molar-refractivity contribution in [1.82, 2.24) is 15.2 Å². The first-order valence-corrected chi connectivity index (χ1v) is 13.2. The summed E-state index contributed by atoms with van der Waals surface area (Å²) in [5.74, 6) is -4.29. The van der Waals surface area contributed by atoms with Gasteiger partial charge < -0.3 is 30.0 Å². The van der Waals surface area contributed by atoms with Crippen molar-refractivity contribution in [2.75, 3.05) is 36.4 Å². The standard InChI is InChI=1S/C28H28F3N5O5/c29-28(30,31)23-22(34-25(41-23)17-5-2-1-3-6-17)24(37)32-18-9-11-19(12-10-18)35-13-15-36(16-14-35)27(40)33-21-8-4-7-20(21)26(38)39/h1-3,5-6,9-12,20-21H,4,7-8,13-16H2,(H,32,37)(H,33,40)(H,38,39). The smallest absolute Gasteiger partial charge is 0.452 e. The van der Waals surface area contributed by atoms with Crippen LogP contribution in [0.2, 0.25) is 0 Å². The third kappa shape index (κ3) is 6.28. The van der Waals surface area contributed by atoms with Gasteiger partial charge in [0.1, 0.15) is 0 Å². The van der Waals surface area contributed by atoms with E-state index in [1.807, 2.05) is 4.90 Å². The molecular formula is C28H28F3N5O5. The van der Waals surface area contributed by atoms with Crippen molar-refractivity contribution in [2.45, 2.75) is 31.5 Å². The highest BCUT2D eigenvalue weighted by molar-refractivity contribution is 6.04. The molecule has 2 aliphatic rings. The van der Waals surface area contributed by atoms with E-state index >= 15 is 0 Å². The van der Waals surface area contributed by atoms with Gasteiger partial charge in [-0.3, -0.25) is 9.59 Å². The Kier molecular flexibility index (Phi) is 7.86. The number of rotatable bonds is 6. The van der Waals surface area contributed by atoms with Gasteiger partial charge in [0.25, 0.3) is 5.91 Å². The lowest BCUT2D eigenvalue weighted by Crippen LogP contribution is -2.54. The molecule has 216 valence electrons. The molecule has 1 aliphatic heterocycles. The van der Waals surface area contributed by atoms with Gasteiger partial charge in [0.05, 0.1) is 5.92 Å². The van der Waals surface area contributed by atoms with E-state index < -0.39 is 35.4 Å². The lowest BCUT2D eigenvalue weighted by Gasteiger charge is -2.36. The van der Waals surface area contributed by atoms with Crippen molar-refractivity contribution in [2.24, 2.45) is 5.92 Å². The van der Waals surface area contributed by atoms with Crippen LogP contribution in [-0.4, -0.2) is 65.1 Å². The first kappa shape index (κ1) is 28.0. The second-order valence-electron chi connectivity index (χ2n) is 9.97. The molecule has 0 radical (unpaired) electrons. The molecule has 3 amide bonds. The van der Waals surface area contributed by atoms with Crippen LogP contribution in [0.4, 0.5) is 29.3 Å². The number of hydrogen-bond acceptors (Lipinski definition) is 6. The molecule has 1 saturated heterocycles. The summed E-state index contributed by atoms with van der Waals surface area (Å²) in [6.07, 6.45) is -2.94. The third-order valence-corrected chi connectivity index (χ3v) is 7.32. The van der Waals surface area contributed by atoms with Gasteiger partial charge in [-0.25, -0.2) is 9.78 Å². The largest absolute Gasteiger partial charge is 0.481 e. The number of carboxylic acid groups (broad SMARTS) is 1. The minimum atomic E-state index is -4.91. The Morgan fingerprint density at radius 2 is 1.63 bits per heavy atom. The SMILES string of the molecule is O=C(Nc1ccc(N2CCN(C(=O)NC3CCCC3C(=O)O)CC2)cc1)c1nc(-c2ccccc2)oc1C(F)(F)F. The minimum absolute atomic E-state index is 0.276. The number of oxazole rings is 1. The third-order valence-electron chi connectivity index (χ3n) is 7.32. The summed E-state index contributed by atoms with van der Waals surface area (Å²) in [5.41, 5.74) is 0.538. The van der Waals surface area contributed by atoms with Crippen molar-refractivity contribution in [1.29, 1.82) is 0 Å². The summed E-state index contributed by atoms with van der Waals surface area (Å²) in [5, 5.41) is 14.6. The molecule has 1 aliphatic carbocycles. The molecule has 2 unspecified atom stereocenters. The maximum absolute atomic E-state index is 13.6. The Bertz CT molecular complexity index is 1400. The van der Waals surface area contributed by atoms with Gasteiger partial charge in [-0.1, -0.05) is 24.6 Å². The van der Waals surface area contributed by atoms with Crippen LogP contribution in [-0.2, 0) is 11.0 Å². The lowest BCUT2D eigenvalue weighted by atomic mass is 10.0. The zero-order chi connectivity index (χ0) is 29.1. The monoisotopic (exact) mass is 571 g/mol. The van der Waals surface area contributed by atoms with Crippen molar-refractivity contribution >= 4 is 29.3 Å². The number of anilines is 2. The summed E-state index contributed by atoms with van der Waals surface area (Å²) >= 11 is 0. The molecule has 10 nitrogen and oxygen atoms in total. The van der Waals surface area contributed by atoms with Crippen LogP contribution >= 0.6 is 0 Å². The molecule has 2 heterocycles. The average molecular weight is 572 g/mol. The number of piperazine rings is 1. The Hall–Kier alpha value is -4.55. The molecule has 1 saturated carbocycles. The van der Waals surface area contributed by atoms with E-state index in [4.69, 9.17) is 4.42 Å². The molecule has 41 heavy (non-hydrogen) atoms. The summed E-state index contributed by atoms with van der Waals surface area (Å²) in [7, 11) is 0. The van der Waals surface area contributed by atoms with Crippen LogP contribution in [0.1, 0.15) is 35.5 Å². The predicted octanol–water partition coefficient (Wildman–Crippen LogP) is 4.70. The van der Waals surface area contributed by atoms with Gasteiger partial charge in [0.15, 0.2) is 5.69 Å². The van der Waals surface area contributed by atoms with Crippen LogP contribution in [0.15, 0.2) is 59.0 Å². The van der Waals surface area contributed by atoms with E-state index in [0.717, 1.165) is 12.1 Å². The zero-order valence-electron chi connectivity index (χ0n) is 21.9. The fourth-order valence-electron chi connectivity index (χ4n) is 5.16. The fourth-order valence-corrected chi connectivity index (χ4v) is 5.16. The van der Waals surface area contributed by atoms with Crippen molar-refractivity contribution in [3.63, 3.8) is 0 Å². The highest BCUT2D eigenvalue weighted by atomic mass is 19.4. The fraction of sp³-hybridized carbons (Fsp3) is 0.357. The highest BCUT2D eigenvalue weighted by Crippen LogP contribution is 2.35. The molecule has 0 bridgehead atoms. The Morgan fingerprint density at radius 1 is 0.951 bits per heavy atom. The minimum Gasteiger partial charge on any atom is -0.481 e. The number of aromatic nitrogens is 1. The number of carboxylic acids is 1. The molecule has 2 fully saturated rings. The molecule has 2 atom stereocenters. The average Bonchev–Trinajstić information content (AvgIpc) is 3.62. The number of carbonyl (C=O) groups is 3. The van der Waals surface area contributed by atoms with E-state index in [0.29, 0.717) is 44.6 Å². The summed E-state index contributed by atoms with van der Waals surface area (Å²) in [6.45, 7) is 1.93. The quantitative estimate of drug-likeness (QED) is 0.391. The van der Waals surface area contributed by atoms with Gasteiger partial charge in [-0.15, -0.1) is 0 Å². The number of carbonyl (C=O) groups excluding carboxylic acids is 2. The van der Waals surface area contributed by atoms with Crippen LogP contribution in [0.25, 0.3) is 11.5 Å². The van der Waals surface area contributed by atoms with Gasteiger partial charge in [-0.2, -0.15) is 13.2 Å². The number of benzene rings is 2. The van der Waals surface area contributed by atoms with Crippen molar-refractivity contribution in [3.8, 4) is 11.5 Å². The number of hydrogen-bond donors (Lipinski definition) is 3. The van der Waals surface area contributed by atoms with E-state index in [1.165, 1.54) is 12.1 Å². The van der Waals surface area contributed by atoms with Crippen LogP contribution in [0.3, 0.4) is 0 Å². The zero-order valence-corrected chi connectivity index (χ0v) is 21.9. The lowest BCUT2D eigenvalue weighted by molar-refractivity contribution is -0.153. The van der Waals surface area contributed by atoms with E-state index in [2.05, 4.69) is 15.6 Å². The van der Waals surface area contributed by atoms with Crippen LogP contribution < -0.4 is 15.5 Å². The predicted molar refractivity (Wildman–Crippen MR) is 142 cm³/mol. The molecule has 2 aromatic carbocycles. The summed E-state index contributed by atoms with van der Waals surface area (Å²) in [4.78, 5) is 44.4. The summed E-state index contributed by atoms with van der Waals surface area (Å²) < 4.78 is 45.7. The summed E-state index contributed by atoms with van der Waals surface area (Å²) in [6, 6.07) is 14.0. The van der Waals surface area contributed by atoms with Crippen molar-refractivity contribution < 1.29 is 37.1 Å². The molecule has 5 rings (SSSR count). The number of nitrogens with zero attached hydrogens (tertiary/aromatic N) is 3. The number of urea groups is 1. The van der Waals surface area contributed by atoms with E-state index in [1.54, 1.807) is 47.4 Å². The maximum Gasteiger partial charge on any atom is 0.452 e.